The lowest BCUT2D eigenvalue weighted by atomic mass is 9.84. The molecule has 2 aromatic carbocycles. The number of unbranched alkanes of at least 4 members (excludes halogenated alkanes) is 2. The van der Waals surface area contributed by atoms with Gasteiger partial charge in [-0.25, -0.2) is 9.59 Å². The molecular formula is C27H33NO10. The number of rotatable bonds is 11. The van der Waals surface area contributed by atoms with Gasteiger partial charge in [-0.2, -0.15) is 0 Å². The largest absolute Gasteiger partial charge is 0.457 e. The Morgan fingerprint density at radius 1 is 0.711 bits per heavy atom. The summed E-state index contributed by atoms with van der Waals surface area (Å²) in [5.74, 6) is -1.61. The summed E-state index contributed by atoms with van der Waals surface area (Å²) in [6, 6.07) is 17.1. The number of benzene rings is 2. The van der Waals surface area contributed by atoms with E-state index in [1.165, 1.54) is 12.1 Å². The van der Waals surface area contributed by atoms with Crippen LogP contribution in [0.1, 0.15) is 41.6 Å². The number of ether oxygens (including phenoxy) is 3. The Balaban J connectivity index is 1.35. The average molecular weight is 532 g/mol. The molecule has 0 heterocycles. The summed E-state index contributed by atoms with van der Waals surface area (Å²) in [7, 11) is 0. The fourth-order valence-electron chi connectivity index (χ4n) is 3.97. The van der Waals surface area contributed by atoms with Crippen molar-refractivity contribution in [3.05, 3.63) is 71.8 Å². The second-order valence-electron chi connectivity index (χ2n) is 8.95. The van der Waals surface area contributed by atoms with Gasteiger partial charge in [0.2, 0.25) is 0 Å². The standard InChI is InChI=1S/C27H33NO10/c29-19(14-8-3-9-15-28-27(35)36-16-17-10-4-1-5-11-17)37-24-20(30)22(32)25(23(33)21(24)31)38-26(34)18-12-6-2-7-13-18/h1-2,4-7,10-13,20-25,30-33H,3,8-9,14-16H2,(H,28,35)/t20-,21-,22-,23+,24+,25+/m0/s1. The van der Waals surface area contributed by atoms with E-state index < -0.39 is 54.7 Å². The number of carbonyl (C=O) groups excluding carboxylic acids is 3. The van der Waals surface area contributed by atoms with Crippen LogP contribution in [0, 0.1) is 0 Å². The Morgan fingerprint density at radius 3 is 1.87 bits per heavy atom. The molecule has 1 fully saturated rings. The average Bonchev–Trinajstić information content (AvgIpc) is 2.94. The third kappa shape index (κ3) is 8.25. The molecule has 5 N–H and O–H groups in total. The minimum absolute atomic E-state index is 0.0486. The minimum Gasteiger partial charge on any atom is -0.457 e. The highest BCUT2D eigenvalue weighted by molar-refractivity contribution is 5.89. The van der Waals surface area contributed by atoms with E-state index >= 15 is 0 Å². The van der Waals surface area contributed by atoms with Gasteiger partial charge in [0.05, 0.1) is 5.56 Å². The molecule has 0 saturated heterocycles. The van der Waals surface area contributed by atoms with Crippen molar-refractivity contribution in [3.63, 3.8) is 0 Å². The van der Waals surface area contributed by atoms with Crippen LogP contribution in [0.3, 0.4) is 0 Å². The maximum Gasteiger partial charge on any atom is 0.407 e. The summed E-state index contributed by atoms with van der Waals surface area (Å²) >= 11 is 0. The fourth-order valence-corrected chi connectivity index (χ4v) is 3.97. The van der Waals surface area contributed by atoms with Crippen molar-refractivity contribution in [2.24, 2.45) is 0 Å². The maximum atomic E-state index is 12.3. The molecule has 0 unspecified atom stereocenters. The highest BCUT2D eigenvalue weighted by Crippen LogP contribution is 2.27. The van der Waals surface area contributed by atoms with Crippen LogP contribution in [0.5, 0.6) is 0 Å². The molecule has 0 bridgehead atoms. The maximum absolute atomic E-state index is 12.3. The predicted molar refractivity (Wildman–Crippen MR) is 133 cm³/mol. The van der Waals surface area contributed by atoms with Gasteiger partial charge in [0.25, 0.3) is 0 Å². The summed E-state index contributed by atoms with van der Waals surface area (Å²) < 4.78 is 15.3. The third-order valence-corrected chi connectivity index (χ3v) is 6.11. The van der Waals surface area contributed by atoms with Crippen molar-refractivity contribution < 1.29 is 49.0 Å². The molecule has 6 atom stereocenters. The monoisotopic (exact) mass is 531 g/mol. The Kier molecular flexibility index (Phi) is 11.0. The van der Waals surface area contributed by atoms with Crippen LogP contribution in [0.25, 0.3) is 0 Å². The van der Waals surface area contributed by atoms with E-state index in [9.17, 15) is 34.8 Å². The normalized spacial score (nSPS) is 24.7. The Hall–Kier alpha value is -3.51. The molecule has 1 amide bonds. The van der Waals surface area contributed by atoms with Crippen molar-refractivity contribution in [3.8, 4) is 0 Å². The molecule has 1 saturated carbocycles. The number of amides is 1. The summed E-state index contributed by atoms with van der Waals surface area (Å²) in [5, 5.41) is 44.2. The van der Waals surface area contributed by atoms with Gasteiger partial charge in [0.15, 0.2) is 12.2 Å². The zero-order valence-electron chi connectivity index (χ0n) is 20.7. The van der Waals surface area contributed by atoms with Crippen LogP contribution in [-0.4, -0.2) is 81.6 Å². The molecule has 3 rings (SSSR count). The predicted octanol–water partition coefficient (Wildman–Crippen LogP) is 1.07. The summed E-state index contributed by atoms with van der Waals surface area (Å²) in [6.07, 6.45) is -9.46. The van der Waals surface area contributed by atoms with Crippen molar-refractivity contribution in [1.29, 1.82) is 0 Å². The van der Waals surface area contributed by atoms with Gasteiger partial charge in [-0.15, -0.1) is 0 Å². The molecule has 0 spiro atoms. The van der Waals surface area contributed by atoms with Crippen LogP contribution in [0.15, 0.2) is 60.7 Å². The van der Waals surface area contributed by atoms with E-state index in [0.717, 1.165) is 5.56 Å². The molecule has 11 nitrogen and oxygen atoms in total. The van der Waals surface area contributed by atoms with Gasteiger partial charge in [-0.3, -0.25) is 4.79 Å². The zero-order chi connectivity index (χ0) is 27.5. The Morgan fingerprint density at radius 2 is 1.26 bits per heavy atom. The Bertz CT molecular complexity index is 1020. The molecule has 0 radical (unpaired) electrons. The molecule has 0 aromatic heterocycles. The second-order valence-corrected chi connectivity index (χ2v) is 8.95. The lowest BCUT2D eigenvalue weighted by Gasteiger charge is -2.42. The van der Waals surface area contributed by atoms with Crippen LogP contribution in [-0.2, 0) is 25.6 Å². The van der Waals surface area contributed by atoms with E-state index in [-0.39, 0.29) is 18.6 Å². The lowest BCUT2D eigenvalue weighted by molar-refractivity contribution is -0.233. The van der Waals surface area contributed by atoms with Crippen LogP contribution in [0.2, 0.25) is 0 Å². The quantitative estimate of drug-likeness (QED) is 0.160. The van der Waals surface area contributed by atoms with E-state index in [4.69, 9.17) is 14.2 Å². The fraction of sp³-hybridized carbons (Fsp3) is 0.444. The van der Waals surface area contributed by atoms with Crippen LogP contribution in [0.4, 0.5) is 4.79 Å². The molecular weight excluding hydrogens is 498 g/mol. The molecule has 1 aliphatic rings. The van der Waals surface area contributed by atoms with Crippen LogP contribution >= 0.6 is 0 Å². The van der Waals surface area contributed by atoms with Gasteiger partial charge in [0.1, 0.15) is 31.0 Å². The van der Waals surface area contributed by atoms with Gasteiger partial charge in [-0.1, -0.05) is 55.0 Å². The first kappa shape index (κ1) is 29.1. The first-order valence-electron chi connectivity index (χ1n) is 12.4. The van der Waals surface area contributed by atoms with Crippen molar-refractivity contribution in [2.45, 2.75) is 68.9 Å². The van der Waals surface area contributed by atoms with Crippen molar-refractivity contribution in [2.75, 3.05) is 6.54 Å². The van der Waals surface area contributed by atoms with E-state index in [1.54, 1.807) is 18.2 Å². The van der Waals surface area contributed by atoms with Gasteiger partial charge in [0, 0.05) is 13.0 Å². The lowest BCUT2D eigenvalue weighted by Crippen LogP contribution is -2.65. The molecule has 2 aromatic rings. The molecule has 38 heavy (non-hydrogen) atoms. The second kappa shape index (κ2) is 14.4. The first-order valence-corrected chi connectivity index (χ1v) is 12.4. The number of esters is 2. The number of alkyl carbamates (subject to hydrolysis) is 1. The molecule has 1 aliphatic carbocycles. The number of nitrogens with one attached hydrogen (secondary N) is 1. The number of aliphatic hydroxyl groups is 4. The van der Waals surface area contributed by atoms with E-state index in [2.05, 4.69) is 5.32 Å². The van der Waals surface area contributed by atoms with Gasteiger partial charge >= 0.3 is 18.0 Å². The number of carbonyl (C=O) groups is 3. The van der Waals surface area contributed by atoms with Gasteiger partial charge in [-0.05, 0) is 30.5 Å². The molecule has 0 aliphatic heterocycles. The summed E-state index contributed by atoms with van der Waals surface area (Å²) in [5.41, 5.74) is 1.03. The number of hydrogen-bond acceptors (Lipinski definition) is 10. The van der Waals surface area contributed by atoms with Gasteiger partial charge < -0.3 is 40.0 Å². The highest BCUT2D eigenvalue weighted by Gasteiger charge is 2.52. The molecule has 11 heteroatoms. The highest BCUT2D eigenvalue weighted by atomic mass is 16.6. The topological polar surface area (TPSA) is 172 Å². The van der Waals surface area contributed by atoms with E-state index in [1.807, 2.05) is 30.3 Å². The van der Waals surface area contributed by atoms with Crippen molar-refractivity contribution >= 4 is 18.0 Å². The van der Waals surface area contributed by atoms with E-state index in [0.29, 0.717) is 25.8 Å². The smallest absolute Gasteiger partial charge is 0.407 e. The summed E-state index contributed by atoms with van der Waals surface area (Å²) in [4.78, 5) is 36.2. The first-order chi connectivity index (χ1) is 18.3. The third-order valence-electron chi connectivity index (χ3n) is 6.11. The number of aliphatic hydroxyl groups excluding tert-OH is 4. The van der Waals surface area contributed by atoms with Crippen LogP contribution < -0.4 is 5.32 Å². The SMILES string of the molecule is O=C(CCCCCNC(=O)OCc1ccccc1)O[C@H]1[C@@H](O)[C@@H](O)[C@H](OC(=O)c2ccccc2)[C@@H](O)[C@@H]1O. The molecule has 206 valence electrons. The Labute approximate surface area is 220 Å². The summed E-state index contributed by atoms with van der Waals surface area (Å²) in [6.45, 7) is 0.515. The zero-order valence-corrected chi connectivity index (χ0v) is 20.7. The number of hydrogen-bond donors (Lipinski definition) is 5. The minimum atomic E-state index is -1.80. The van der Waals surface area contributed by atoms with Crippen molar-refractivity contribution in [1.82, 2.24) is 5.32 Å².